The van der Waals surface area contributed by atoms with E-state index in [1.807, 2.05) is 13.8 Å². The van der Waals surface area contributed by atoms with Crippen LogP contribution in [0.4, 0.5) is 0 Å². The Balaban J connectivity index is 4.31. The minimum atomic E-state index is -1.12. The molecule has 0 aliphatic heterocycles. The highest BCUT2D eigenvalue weighted by atomic mass is 16.6. The summed E-state index contributed by atoms with van der Waals surface area (Å²) in [5, 5.41) is 8.75. The summed E-state index contributed by atoms with van der Waals surface area (Å²) < 4.78 is 4.75. The van der Waals surface area contributed by atoms with Gasteiger partial charge in [-0.15, -0.1) is 0 Å². The van der Waals surface area contributed by atoms with Crippen LogP contribution in [-0.2, 0) is 14.3 Å². The minimum absolute atomic E-state index is 0.161. The molecular formula is C10H16O4. The summed E-state index contributed by atoms with van der Waals surface area (Å²) in [6, 6.07) is 0. The van der Waals surface area contributed by atoms with Crippen molar-refractivity contribution in [1.29, 1.82) is 0 Å². The summed E-state index contributed by atoms with van der Waals surface area (Å²) in [6.45, 7) is 8.59. The van der Waals surface area contributed by atoms with E-state index in [2.05, 4.69) is 6.58 Å². The van der Waals surface area contributed by atoms with Gasteiger partial charge in [0, 0.05) is 5.57 Å². The second kappa shape index (κ2) is 5.42. The zero-order chi connectivity index (χ0) is 11.3. The minimum Gasteiger partial charge on any atom is -0.479 e. The first-order chi connectivity index (χ1) is 6.34. The Morgan fingerprint density at radius 3 is 2.21 bits per heavy atom. The van der Waals surface area contributed by atoms with Crippen LogP contribution in [0.2, 0.25) is 0 Å². The fourth-order valence-electron chi connectivity index (χ4n) is 0.857. The highest BCUT2D eigenvalue weighted by Crippen LogP contribution is 2.10. The molecule has 0 heterocycles. The van der Waals surface area contributed by atoms with E-state index >= 15 is 0 Å². The second-order valence-electron chi connectivity index (χ2n) is 3.64. The van der Waals surface area contributed by atoms with Gasteiger partial charge in [-0.2, -0.15) is 0 Å². The third kappa shape index (κ3) is 4.64. The van der Waals surface area contributed by atoms with Crippen molar-refractivity contribution in [2.75, 3.05) is 0 Å². The molecule has 80 valence electrons. The fourth-order valence-corrected chi connectivity index (χ4v) is 0.857. The van der Waals surface area contributed by atoms with E-state index in [0.717, 1.165) is 0 Å². The molecule has 1 N–H and O–H groups in total. The molecule has 0 spiro atoms. The van der Waals surface area contributed by atoms with Crippen LogP contribution < -0.4 is 0 Å². The van der Waals surface area contributed by atoms with Gasteiger partial charge in [-0.25, -0.2) is 9.59 Å². The van der Waals surface area contributed by atoms with Crippen molar-refractivity contribution in [2.45, 2.75) is 33.3 Å². The third-order valence-electron chi connectivity index (χ3n) is 1.56. The summed E-state index contributed by atoms with van der Waals surface area (Å²) in [7, 11) is 0. The lowest BCUT2D eigenvalue weighted by atomic mass is 10.1. The van der Waals surface area contributed by atoms with Gasteiger partial charge in [-0.05, 0) is 19.3 Å². The number of rotatable bonds is 5. The molecule has 0 aliphatic carbocycles. The number of carboxylic acid groups (broad SMARTS) is 1. The van der Waals surface area contributed by atoms with Crippen LogP contribution >= 0.6 is 0 Å². The normalized spacial score (nSPS) is 12.3. The topological polar surface area (TPSA) is 63.6 Å². The van der Waals surface area contributed by atoms with Crippen molar-refractivity contribution in [2.24, 2.45) is 5.92 Å². The standard InChI is InChI=1S/C10H16O4/c1-6(2)5-8(9(11)12)14-10(13)7(3)4/h6,8H,3,5H2,1-2,4H3,(H,11,12). The summed E-state index contributed by atoms with van der Waals surface area (Å²) >= 11 is 0. The number of ether oxygens (including phenoxy) is 1. The highest BCUT2D eigenvalue weighted by molar-refractivity contribution is 5.89. The van der Waals surface area contributed by atoms with Gasteiger partial charge >= 0.3 is 11.9 Å². The number of carbonyl (C=O) groups excluding carboxylic acids is 1. The third-order valence-corrected chi connectivity index (χ3v) is 1.56. The van der Waals surface area contributed by atoms with Gasteiger partial charge in [0.2, 0.25) is 0 Å². The largest absolute Gasteiger partial charge is 0.479 e. The van der Waals surface area contributed by atoms with Crippen molar-refractivity contribution in [3.63, 3.8) is 0 Å². The monoisotopic (exact) mass is 200 g/mol. The van der Waals surface area contributed by atoms with Crippen molar-refractivity contribution in [3.05, 3.63) is 12.2 Å². The van der Waals surface area contributed by atoms with Crippen molar-refractivity contribution in [1.82, 2.24) is 0 Å². The SMILES string of the molecule is C=C(C)C(=O)OC(CC(C)C)C(=O)O. The van der Waals surface area contributed by atoms with Crippen molar-refractivity contribution in [3.8, 4) is 0 Å². The second-order valence-corrected chi connectivity index (χ2v) is 3.64. The Morgan fingerprint density at radius 2 is 1.93 bits per heavy atom. The van der Waals surface area contributed by atoms with Gasteiger partial charge in [0.15, 0.2) is 6.10 Å². The molecule has 0 aromatic heterocycles. The van der Waals surface area contributed by atoms with Crippen LogP contribution in [0.3, 0.4) is 0 Å². The average molecular weight is 200 g/mol. The fraction of sp³-hybridized carbons (Fsp3) is 0.600. The molecule has 0 bridgehead atoms. The number of carbonyl (C=O) groups is 2. The Kier molecular flexibility index (Phi) is 4.91. The smallest absolute Gasteiger partial charge is 0.345 e. The molecule has 0 saturated carbocycles. The molecule has 0 radical (unpaired) electrons. The van der Waals surface area contributed by atoms with Gasteiger partial charge in [0.25, 0.3) is 0 Å². The molecule has 0 fully saturated rings. The van der Waals surface area contributed by atoms with Crippen molar-refractivity contribution >= 4 is 11.9 Å². The molecule has 4 nitrogen and oxygen atoms in total. The molecule has 0 rings (SSSR count). The first-order valence-corrected chi connectivity index (χ1v) is 4.44. The molecule has 0 aliphatic rings. The first-order valence-electron chi connectivity index (χ1n) is 4.44. The highest BCUT2D eigenvalue weighted by Gasteiger charge is 2.23. The molecule has 0 saturated heterocycles. The summed E-state index contributed by atoms with van der Waals surface area (Å²) in [6.07, 6.45) is -0.756. The number of esters is 1. The van der Waals surface area contributed by atoms with Gasteiger partial charge < -0.3 is 9.84 Å². The van der Waals surface area contributed by atoms with Crippen LogP contribution in [0, 0.1) is 5.92 Å². The lowest BCUT2D eigenvalue weighted by Gasteiger charge is -2.15. The summed E-state index contributed by atoms with van der Waals surface area (Å²) in [4.78, 5) is 21.7. The van der Waals surface area contributed by atoms with Crippen LogP contribution in [0.5, 0.6) is 0 Å². The first kappa shape index (κ1) is 12.7. The Labute approximate surface area is 83.6 Å². The molecule has 0 aromatic carbocycles. The molecule has 0 aromatic rings. The van der Waals surface area contributed by atoms with Gasteiger partial charge in [0.1, 0.15) is 0 Å². The number of carboxylic acids is 1. The van der Waals surface area contributed by atoms with Gasteiger partial charge in [-0.3, -0.25) is 0 Å². The molecule has 1 unspecified atom stereocenters. The van der Waals surface area contributed by atoms with E-state index in [9.17, 15) is 9.59 Å². The van der Waals surface area contributed by atoms with Crippen molar-refractivity contribution < 1.29 is 19.4 Å². The molecule has 0 amide bonds. The van der Waals surface area contributed by atoms with Crippen LogP contribution in [-0.4, -0.2) is 23.1 Å². The lowest BCUT2D eigenvalue weighted by molar-refractivity contribution is -0.162. The Morgan fingerprint density at radius 1 is 1.43 bits per heavy atom. The summed E-state index contributed by atoms with van der Waals surface area (Å²) in [5.74, 6) is -1.61. The maximum atomic E-state index is 11.1. The average Bonchev–Trinajstić information content (AvgIpc) is 2.01. The zero-order valence-corrected chi connectivity index (χ0v) is 8.74. The van der Waals surface area contributed by atoms with E-state index in [4.69, 9.17) is 9.84 Å². The maximum absolute atomic E-state index is 11.1. The van der Waals surface area contributed by atoms with E-state index in [1.54, 1.807) is 0 Å². The Bertz CT molecular complexity index is 243. The number of hydrogen-bond donors (Lipinski definition) is 1. The molecule has 14 heavy (non-hydrogen) atoms. The quantitative estimate of drug-likeness (QED) is 0.541. The van der Waals surface area contributed by atoms with E-state index in [0.29, 0.717) is 6.42 Å². The molecule has 4 heteroatoms. The molecule has 1 atom stereocenters. The van der Waals surface area contributed by atoms with Crippen LogP contribution in [0.1, 0.15) is 27.2 Å². The van der Waals surface area contributed by atoms with Gasteiger partial charge in [0.05, 0.1) is 0 Å². The van der Waals surface area contributed by atoms with Crippen LogP contribution in [0.15, 0.2) is 12.2 Å². The Hall–Kier alpha value is -1.32. The molecular weight excluding hydrogens is 184 g/mol. The summed E-state index contributed by atoms with van der Waals surface area (Å²) in [5.41, 5.74) is 0.208. The predicted octanol–water partition coefficient (Wildman–Crippen LogP) is 1.60. The number of aliphatic carboxylic acids is 1. The lowest BCUT2D eigenvalue weighted by Crippen LogP contribution is -2.28. The van der Waals surface area contributed by atoms with Crippen LogP contribution in [0.25, 0.3) is 0 Å². The van der Waals surface area contributed by atoms with Gasteiger partial charge in [-0.1, -0.05) is 20.4 Å². The number of hydrogen-bond acceptors (Lipinski definition) is 3. The van der Waals surface area contributed by atoms with E-state index in [-0.39, 0.29) is 11.5 Å². The zero-order valence-electron chi connectivity index (χ0n) is 8.74. The maximum Gasteiger partial charge on any atom is 0.345 e. The van der Waals surface area contributed by atoms with E-state index in [1.165, 1.54) is 6.92 Å². The van der Waals surface area contributed by atoms with E-state index < -0.39 is 18.0 Å². The predicted molar refractivity (Wildman–Crippen MR) is 51.8 cm³/mol.